The lowest BCUT2D eigenvalue weighted by Gasteiger charge is -2.19. The summed E-state index contributed by atoms with van der Waals surface area (Å²) in [6, 6.07) is 4.04. The van der Waals surface area contributed by atoms with Crippen LogP contribution in [0.4, 0.5) is 0 Å². The number of nitrogens with zero attached hydrogens (tertiary/aromatic N) is 2. The fraction of sp³-hybridized carbons (Fsp3) is 0.286. The molecule has 0 aliphatic heterocycles. The van der Waals surface area contributed by atoms with Gasteiger partial charge in [0.1, 0.15) is 0 Å². The molecule has 0 spiro atoms. The molecular weight excluding hydrogens is 405 g/mol. The van der Waals surface area contributed by atoms with Crippen molar-refractivity contribution >= 4 is 43.5 Å². The average molecular weight is 420 g/mol. The molecule has 1 unspecified atom stereocenters. The maximum atomic E-state index is 6.19. The Hall–Kier alpha value is -0.490. The molecule has 106 valence electrons. The summed E-state index contributed by atoms with van der Waals surface area (Å²) in [5.74, 6) is 0. The molecule has 0 amide bonds. The highest BCUT2D eigenvalue weighted by Gasteiger charge is 2.17. The number of hydrogen-bond donors (Lipinski definition) is 1. The molecule has 6 heteroatoms. The molecule has 3 nitrogen and oxygen atoms in total. The van der Waals surface area contributed by atoms with Crippen LogP contribution in [0.1, 0.15) is 24.2 Å². The second-order valence-electron chi connectivity index (χ2n) is 4.30. The fourth-order valence-corrected chi connectivity index (χ4v) is 3.44. The molecular formula is C14H14Br2ClN3. The molecule has 0 aromatic carbocycles. The van der Waals surface area contributed by atoms with Crippen LogP contribution in [0.2, 0.25) is 5.02 Å². The van der Waals surface area contributed by atoms with E-state index in [0.29, 0.717) is 5.02 Å². The number of halogens is 3. The lowest BCUT2D eigenvalue weighted by Crippen LogP contribution is -2.24. The topological polar surface area (TPSA) is 37.8 Å². The molecule has 0 radical (unpaired) electrons. The van der Waals surface area contributed by atoms with Crippen molar-refractivity contribution in [2.75, 3.05) is 6.54 Å². The molecule has 0 aliphatic rings. The molecule has 2 rings (SSSR count). The zero-order chi connectivity index (χ0) is 14.5. The molecule has 1 N–H and O–H groups in total. The van der Waals surface area contributed by atoms with Gasteiger partial charge in [-0.25, -0.2) is 0 Å². The zero-order valence-corrected chi connectivity index (χ0v) is 14.8. The van der Waals surface area contributed by atoms with Crippen molar-refractivity contribution < 1.29 is 0 Å². The zero-order valence-electron chi connectivity index (χ0n) is 10.9. The van der Waals surface area contributed by atoms with Gasteiger partial charge in [-0.2, -0.15) is 0 Å². The van der Waals surface area contributed by atoms with Gasteiger partial charge in [-0.05, 0) is 62.5 Å². The SMILES string of the molecule is CCNC(Cc1ccncc1Cl)c1ncc(Br)cc1Br. The van der Waals surface area contributed by atoms with E-state index in [1.807, 2.05) is 12.1 Å². The monoisotopic (exact) mass is 417 g/mol. The molecule has 0 saturated heterocycles. The summed E-state index contributed by atoms with van der Waals surface area (Å²) < 4.78 is 1.92. The number of rotatable bonds is 5. The molecule has 0 bridgehead atoms. The van der Waals surface area contributed by atoms with Gasteiger partial charge in [0, 0.05) is 27.5 Å². The Labute approximate surface area is 140 Å². The minimum absolute atomic E-state index is 0.0994. The smallest absolute Gasteiger partial charge is 0.0719 e. The van der Waals surface area contributed by atoms with E-state index in [1.165, 1.54) is 0 Å². The summed E-state index contributed by atoms with van der Waals surface area (Å²) in [4.78, 5) is 8.52. The number of nitrogens with one attached hydrogen (secondary N) is 1. The van der Waals surface area contributed by atoms with E-state index < -0.39 is 0 Å². The summed E-state index contributed by atoms with van der Waals surface area (Å²) in [5, 5.41) is 4.13. The molecule has 2 heterocycles. The van der Waals surface area contributed by atoms with E-state index in [4.69, 9.17) is 11.6 Å². The first-order valence-corrected chi connectivity index (χ1v) is 8.21. The van der Waals surface area contributed by atoms with Gasteiger partial charge in [0.15, 0.2) is 0 Å². The average Bonchev–Trinajstić information content (AvgIpc) is 2.41. The van der Waals surface area contributed by atoms with Crippen molar-refractivity contribution in [3.05, 3.63) is 55.9 Å². The maximum Gasteiger partial charge on any atom is 0.0719 e. The highest BCUT2D eigenvalue weighted by Crippen LogP contribution is 2.28. The molecule has 0 aliphatic carbocycles. The van der Waals surface area contributed by atoms with E-state index in [-0.39, 0.29) is 6.04 Å². The Morgan fingerprint density at radius 3 is 2.80 bits per heavy atom. The van der Waals surface area contributed by atoms with Crippen LogP contribution in [-0.4, -0.2) is 16.5 Å². The highest BCUT2D eigenvalue weighted by molar-refractivity contribution is 9.11. The van der Waals surface area contributed by atoms with Gasteiger partial charge in [-0.1, -0.05) is 18.5 Å². The first-order valence-electron chi connectivity index (χ1n) is 6.24. The van der Waals surface area contributed by atoms with Crippen LogP contribution in [0.15, 0.2) is 39.7 Å². The van der Waals surface area contributed by atoms with Crippen LogP contribution in [0, 0.1) is 0 Å². The van der Waals surface area contributed by atoms with Crippen molar-refractivity contribution in [3.63, 3.8) is 0 Å². The van der Waals surface area contributed by atoms with Crippen molar-refractivity contribution in [1.82, 2.24) is 15.3 Å². The van der Waals surface area contributed by atoms with E-state index in [0.717, 1.165) is 33.2 Å². The van der Waals surface area contributed by atoms with E-state index in [2.05, 4.69) is 54.1 Å². The Balaban J connectivity index is 2.29. The van der Waals surface area contributed by atoms with Crippen LogP contribution in [0.3, 0.4) is 0 Å². The van der Waals surface area contributed by atoms with Crippen molar-refractivity contribution in [1.29, 1.82) is 0 Å². The largest absolute Gasteiger partial charge is 0.309 e. The fourth-order valence-electron chi connectivity index (χ4n) is 1.98. The summed E-state index contributed by atoms with van der Waals surface area (Å²) in [5.41, 5.74) is 2.03. The highest BCUT2D eigenvalue weighted by atomic mass is 79.9. The van der Waals surface area contributed by atoms with Crippen molar-refractivity contribution in [2.45, 2.75) is 19.4 Å². The van der Waals surface area contributed by atoms with Crippen LogP contribution in [-0.2, 0) is 6.42 Å². The molecule has 2 aromatic rings. The Morgan fingerprint density at radius 1 is 1.35 bits per heavy atom. The minimum Gasteiger partial charge on any atom is -0.309 e. The van der Waals surface area contributed by atoms with Crippen LogP contribution in [0.25, 0.3) is 0 Å². The molecule has 0 saturated carbocycles. The Bertz CT molecular complexity index is 592. The molecule has 1 atom stereocenters. The normalized spacial score (nSPS) is 12.4. The Kier molecular flexibility index (Phi) is 5.96. The first-order chi connectivity index (χ1) is 9.61. The number of hydrogen-bond acceptors (Lipinski definition) is 3. The van der Waals surface area contributed by atoms with E-state index >= 15 is 0 Å². The number of likely N-dealkylation sites (N-methyl/N-ethyl adjacent to an activating group) is 1. The van der Waals surface area contributed by atoms with Crippen LogP contribution >= 0.6 is 43.5 Å². The molecule has 0 fully saturated rings. The third-order valence-corrected chi connectivity index (χ3v) is 4.31. The second-order valence-corrected chi connectivity index (χ2v) is 6.48. The van der Waals surface area contributed by atoms with Gasteiger partial charge >= 0.3 is 0 Å². The lowest BCUT2D eigenvalue weighted by atomic mass is 10.0. The summed E-state index contributed by atoms with van der Waals surface area (Å²) in [6.07, 6.45) is 6.00. The predicted octanol–water partition coefficient (Wildman–Crippen LogP) is 4.55. The van der Waals surface area contributed by atoms with Crippen LogP contribution < -0.4 is 5.32 Å². The van der Waals surface area contributed by atoms with E-state index in [9.17, 15) is 0 Å². The lowest BCUT2D eigenvalue weighted by molar-refractivity contribution is 0.534. The summed E-state index contributed by atoms with van der Waals surface area (Å²) >= 11 is 13.2. The van der Waals surface area contributed by atoms with Gasteiger partial charge in [0.2, 0.25) is 0 Å². The number of aromatic nitrogens is 2. The summed E-state index contributed by atoms with van der Waals surface area (Å²) in [6.45, 7) is 2.94. The van der Waals surface area contributed by atoms with Gasteiger partial charge in [0.25, 0.3) is 0 Å². The quantitative estimate of drug-likeness (QED) is 0.773. The van der Waals surface area contributed by atoms with Gasteiger partial charge in [-0.15, -0.1) is 0 Å². The van der Waals surface area contributed by atoms with E-state index in [1.54, 1.807) is 18.6 Å². The summed E-state index contributed by atoms with van der Waals surface area (Å²) in [7, 11) is 0. The van der Waals surface area contributed by atoms with Gasteiger partial charge in [-0.3, -0.25) is 9.97 Å². The van der Waals surface area contributed by atoms with Crippen molar-refractivity contribution in [3.8, 4) is 0 Å². The van der Waals surface area contributed by atoms with Gasteiger partial charge < -0.3 is 5.32 Å². The van der Waals surface area contributed by atoms with Crippen LogP contribution in [0.5, 0.6) is 0 Å². The second kappa shape index (κ2) is 7.50. The molecule has 20 heavy (non-hydrogen) atoms. The van der Waals surface area contributed by atoms with Crippen molar-refractivity contribution in [2.24, 2.45) is 0 Å². The third kappa shape index (κ3) is 4.01. The minimum atomic E-state index is 0.0994. The predicted molar refractivity (Wildman–Crippen MR) is 89.0 cm³/mol. The molecule has 2 aromatic heterocycles. The first kappa shape index (κ1) is 15.9. The van der Waals surface area contributed by atoms with Gasteiger partial charge in [0.05, 0.1) is 16.8 Å². The Morgan fingerprint density at radius 2 is 2.15 bits per heavy atom. The maximum absolute atomic E-state index is 6.19. The number of pyridine rings is 2. The third-order valence-electron chi connectivity index (χ3n) is 2.90. The standard InChI is InChI=1S/C14H14Br2ClN3/c1-2-19-13(5-9-3-4-18-8-12(9)17)14-11(16)6-10(15)7-20-14/h3-4,6-8,13,19H,2,5H2,1H3.